The van der Waals surface area contributed by atoms with E-state index in [-0.39, 0.29) is 0 Å². The first kappa shape index (κ1) is 11.7. The van der Waals surface area contributed by atoms with Crippen LogP contribution in [0.15, 0.2) is 22.8 Å². The Morgan fingerprint density at radius 3 is 2.75 bits per heavy atom. The van der Waals surface area contributed by atoms with E-state index >= 15 is 0 Å². The van der Waals surface area contributed by atoms with Crippen LogP contribution in [-0.4, -0.2) is 24.0 Å². The van der Waals surface area contributed by atoms with Crippen LogP contribution < -0.4 is 0 Å². The fraction of sp³-hybridized carbons (Fsp3) is 0.714. The quantitative estimate of drug-likeness (QED) is 0.757. The molecule has 2 heterocycles. The second-order valence-corrected chi connectivity index (χ2v) is 4.82. The molecule has 1 aliphatic rings. The lowest BCUT2D eigenvalue weighted by Gasteiger charge is -2.34. The number of piperidine rings is 1. The molecule has 90 valence electrons. The van der Waals surface area contributed by atoms with Crippen molar-refractivity contribution < 1.29 is 4.42 Å². The lowest BCUT2D eigenvalue weighted by atomic mass is 10.0. The Morgan fingerprint density at radius 1 is 1.31 bits per heavy atom. The molecule has 0 spiro atoms. The molecule has 16 heavy (non-hydrogen) atoms. The van der Waals surface area contributed by atoms with Gasteiger partial charge in [0, 0.05) is 12.5 Å². The van der Waals surface area contributed by atoms with E-state index in [9.17, 15) is 0 Å². The Morgan fingerprint density at radius 2 is 2.12 bits per heavy atom. The maximum atomic E-state index is 5.47. The number of likely N-dealkylation sites (tertiary alicyclic amines) is 1. The summed E-state index contributed by atoms with van der Waals surface area (Å²) in [6, 6.07) is 4.79. The molecule has 1 saturated heterocycles. The van der Waals surface area contributed by atoms with Crippen LogP contribution in [0, 0.1) is 0 Å². The Bertz CT molecular complexity index is 275. The van der Waals surface area contributed by atoms with Gasteiger partial charge in [-0.25, -0.2) is 0 Å². The van der Waals surface area contributed by atoms with Crippen molar-refractivity contribution in [2.75, 3.05) is 13.1 Å². The van der Waals surface area contributed by atoms with Crippen LogP contribution in [0.2, 0.25) is 0 Å². The van der Waals surface area contributed by atoms with E-state index in [4.69, 9.17) is 4.42 Å². The van der Waals surface area contributed by atoms with Gasteiger partial charge >= 0.3 is 0 Å². The largest absolute Gasteiger partial charge is 0.469 e. The van der Waals surface area contributed by atoms with Gasteiger partial charge in [-0.1, -0.05) is 19.8 Å². The van der Waals surface area contributed by atoms with Gasteiger partial charge in [0.15, 0.2) is 0 Å². The maximum absolute atomic E-state index is 5.47. The minimum atomic E-state index is 0.691. The van der Waals surface area contributed by atoms with E-state index < -0.39 is 0 Å². The zero-order valence-electron chi connectivity index (χ0n) is 10.3. The maximum Gasteiger partial charge on any atom is 0.105 e. The topological polar surface area (TPSA) is 16.4 Å². The van der Waals surface area contributed by atoms with Crippen molar-refractivity contribution in [2.24, 2.45) is 0 Å². The minimum absolute atomic E-state index is 0.691. The Balaban J connectivity index is 1.92. The summed E-state index contributed by atoms with van der Waals surface area (Å²) in [6.07, 6.45) is 9.59. The van der Waals surface area contributed by atoms with E-state index in [1.54, 1.807) is 6.26 Å². The standard InChI is InChI=1S/C14H23NO/c1-2-7-13(12-14-8-6-11-16-14)15-9-4-3-5-10-15/h6,8,11,13H,2-5,7,9-10,12H2,1H3. The molecule has 0 saturated carbocycles. The molecule has 0 aromatic carbocycles. The normalized spacial score (nSPS) is 19.8. The van der Waals surface area contributed by atoms with E-state index in [1.165, 1.54) is 45.2 Å². The number of furan rings is 1. The predicted octanol–water partition coefficient (Wildman–Crippen LogP) is 3.48. The summed E-state index contributed by atoms with van der Waals surface area (Å²) in [5.74, 6) is 1.14. The van der Waals surface area contributed by atoms with Crippen LogP contribution in [0.4, 0.5) is 0 Å². The zero-order valence-corrected chi connectivity index (χ0v) is 10.3. The lowest BCUT2D eigenvalue weighted by Crippen LogP contribution is -2.40. The molecule has 2 nitrogen and oxygen atoms in total. The minimum Gasteiger partial charge on any atom is -0.469 e. The molecule has 0 aliphatic carbocycles. The SMILES string of the molecule is CCCC(Cc1ccco1)N1CCCCC1. The highest BCUT2D eigenvalue weighted by Gasteiger charge is 2.20. The Kier molecular flexibility index (Phi) is 4.46. The van der Waals surface area contributed by atoms with Crippen molar-refractivity contribution in [2.45, 2.75) is 51.5 Å². The highest BCUT2D eigenvalue weighted by Crippen LogP contribution is 2.19. The molecule has 1 aromatic heterocycles. The Hall–Kier alpha value is -0.760. The summed E-state index contributed by atoms with van der Waals surface area (Å²) in [4.78, 5) is 2.66. The highest BCUT2D eigenvalue weighted by atomic mass is 16.3. The van der Waals surface area contributed by atoms with Crippen LogP contribution in [0.3, 0.4) is 0 Å². The van der Waals surface area contributed by atoms with Gasteiger partial charge in [0.05, 0.1) is 6.26 Å². The van der Waals surface area contributed by atoms with E-state index in [2.05, 4.69) is 17.9 Å². The third-order valence-corrected chi connectivity index (χ3v) is 3.55. The van der Waals surface area contributed by atoms with E-state index in [0.717, 1.165) is 12.2 Å². The van der Waals surface area contributed by atoms with Gasteiger partial charge in [-0.2, -0.15) is 0 Å². The second-order valence-electron chi connectivity index (χ2n) is 4.82. The summed E-state index contributed by atoms with van der Waals surface area (Å²) in [7, 11) is 0. The van der Waals surface area contributed by atoms with E-state index in [1.807, 2.05) is 6.07 Å². The van der Waals surface area contributed by atoms with Gasteiger partial charge in [-0.15, -0.1) is 0 Å². The van der Waals surface area contributed by atoms with Gasteiger partial charge in [0.1, 0.15) is 5.76 Å². The van der Waals surface area contributed by atoms with Gasteiger partial charge in [0.25, 0.3) is 0 Å². The summed E-state index contributed by atoms with van der Waals surface area (Å²) < 4.78 is 5.47. The third kappa shape index (κ3) is 3.11. The summed E-state index contributed by atoms with van der Waals surface area (Å²) >= 11 is 0. The third-order valence-electron chi connectivity index (χ3n) is 3.55. The number of rotatable bonds is 5. The first-order valence-corrected chi connectivity index (χ1v) is 6.66. The molecule has 1 fully saturated rings. The molecule has 0 radical (unpaired) electrons. The molecule has 0 N–H and O–H groups in total. The molecule has 0 bridgehead atoms. The first-order chi connectivity index (χ1) is 7.90. The Labute approximate surface area is 98.6 Å². The van der Waals surface area contributed by atoms with E-state index in [0.29, 0.717) is 6.04 Å². The summed E-state index contributed by atoms with van der Waals surface area (Å²) in [5, 5.41) is 0. The molecule has 1 atom stereocenters. The molecule has 1 aliphatic heterocycles. The van der Waals surface area contributed by atoms with Crippen LogP contribution in [0.25, 0.3) is 0 Å². The molecule has 1 aromatic rings. The van der Waals surface area contributed by atoms with Crippen molar-refractivity contribution in [3.8, 4) is 0 Å². The average Bonchev–Trinajstić information content (AvgIpc) is 2.83. The first-order valence-electron chi connectivity index (χ1n) is 6.66. The smallest absolute Gasteiger partial charge is 0.105 e. The van der Waals surface area contributed by atoms with Crippen molar-refractivity contribution in [3.05, 3.63) is 24.2 Å². The molecule has 0 amide bonds. The number of hydrogen-bond acceptors (Lipinski definition) is 2. The van der Waals surface area contributed by atoms with Gasteiger partial charge in [-0.05, 0) is 44.5 Å². The molecule has 2 rings (SSSR count). The fourth-order valence-corrected chi connectivity index (χ4v) is 2.69. The number of hydrogen-bond donors (Lipinski definition) is 0. The van der Waals surface area contributed by atoms with Crippen LogP contribution in [0.1, 0.15) is 44.8 Å². The second kappa shape index (κ2) is 6.09. The van der Waals surface area contributed by atoms with Crippen molar-refractivity contribution in [1.29, 1.82) is 0 Å². The van der Waals surface area contributed by atoms with Gasteiger partial charge in [0.2, 0.25) is 0 Å². The molecule has 1 unspecified atom stereocenters. The molecular weight excluding hydrogens is 198 g/mol. The fourth-order valence-electron chi connectivity index (χ4n) is 2.69. The molecule has 2 heteroatoms. The van der Waals surface area contributed by atoms with Crippen LogP contribution in [-0.2, 0) is 6.42 Å². The monoisotopic (exact) mass is 221 g/mol. The molecular formula is C14H23NO. The number of nitrogens with zero attached hydrogens (tertiary/aromatic N) is 1. The predicted molar refractivity (Wildman–Crippen MR) is 66.5 cm³/mol. The van der Waals surface area contributed by atoms with Gasteiger partial charge < -0.3 is 4.42 Å². The van der Waals surface area contributed by atoms with Crippen molar-refractivity contribution in [1.82, 2.24) is 4.90 Å². The van der Waals surface area contributed by atoms with Crippen molar-refractivity contribution in [3.63, 3.8) is 0 Å². The summed E-state index contributed by atoms with van der Waals surface area (Å²) in [6.45, 7) is 4.84. The zero-order chi connectivity index (χ0) is 11.2. The van der Waals surface area contributed by atoms with Crippen LogP contribution in [0.5, 0.6) is 0 Å². The lowest BCUT2D eigenvalue weighted by molar-refractivity contribution is 0.149. The van der Waals surface area contributed by atoms with Gasteiger partial charge in [-0.3, -0.25) is 4.90 Å². The summed E-state index contributed by atoms with van der Waals surface area (Å²) in [5.41, 5.74) is 0. The van der Waals surface area contributed by atoms with Crippen molar-refractivity contribution >= 4 is 0 Å². The highest BCUT2D eigenvalue weighted by molar-refractivity contribution is 5.01. The van der Waals surface area contributed by atoms with Crippen LogP contribution >= 0.6 is 0 Å². The average molecular weight is 221 g/mol.